The van der Waals surface area contributed by atoms with Crippen molar-refractivity contribution in [3.8, 4) is 0 Å². The third kappa shape index (κ3) is 26.3. The van der Waals surface area contributed by atoms with Crippen LogP contribution >= 0.6 is 0 Å². The molecule has 0 bridgehead atoms. The number of aliphatic hydroxyl groups excluding tert-OH is 8. The van der Waals surface area contributed by atoms with Crippen molar-refractivity contribution in [3.63, 3.8) is 0 Å². The zero-order valence-corrected chi connectivity index (χ0v) is 23.0. The van der Waals surface area contributed by atoms with Crippen LogP contribution < -0.4 is 0 Å². The van der Waals surface area contributed by atoms with Gasteiger partial charge in [0.2, 0.25) is 0 Å². The van der Waals surface area contributed by atoms with E-state index in [1.807, 2.05) is 13.8 Å². The molecule has 0 rings (SSSR count). The van der Waals surface area contributed by atoms with Crippen molar-refractivity contribution in [2.75, 3.05) is 46.2 Å². The molecule has 8 heteroatoms. The van der Waals surface area contributed by atoms with E-state index < -0.39 is 0 Å². The summed E-state index contributed by atoms with van der Waals surface area (Å²) in [5.74, 6) is 0.536. The summed E-state index contributed by atoms with van der Waals surface area (Å²) < 4.78 is 0. The Morgan fingerprint density at radius 1 is 0.588 bits per heavy atom. The lowest BCUT2D eigenvalue weighted by atomic mass is 9.79. The molecule has 0 aliphatic carbocycles. The first-order valence-electron chi connectivity index (χ1n) is 13.0. The molecule has 1 atom stereocenters. The van der Waals surface area contributed by atoms with E-state index >= 15 is 0 Å². The molecule has 0 aliphatic heterocycles. The second-order valence-electron chi connectivity index (χ2n) is 9.56. The Morgan fingerprint density at radius 2 is 1.00 bits per heavy atom. The van der Waals surface area contributed by atoms with Crippen molar-refractivity contribution in [3.05, 3.63) is 0 Å². The molecule has 0 saturated heterocycles. The predicted octanol–water partition coefficient (Wildman–Crippen LogP) is 2.47. The van der Waals surface area contributed by atoms with Crippen LogP contribution in [-0.4, -0.2) is 93.2 Å². The summed E-state index contributed by atoms with van der Waals surface area (Å²) in [6, 6.07) is 0. The predicted molar refractivity (Wildman–Crippen MR) is 140 cm³/mol. The molecular formula is C26H60O8. The minimum absolute atomic E-state index is 0.0810. The molecule has 0 heterocycles. The summed E-state index contributed by atoms with van der Waals surface area (Å²) in [6.45, 7) is 12.9. The van der Waals surface area contributed by atoms with Crippen molar-refractivity contribution in [2.45, 2.75) is 105 Å². The van der Waals surface area contributed by atoms with Gasteiger partial charge in [-0.05, 0) is 57.8 Å². The lowest BCUT2D eigenvalue weighted by Crippen LogP contribution is -2.30. The zero-order chi connectivity index (χ0) is 27.5. The fraction of sp³-hybridized carbons (Fsp3) is 1.00. The van der Waals surface area contributed by atoms with Crippen LogP contribution in [0.4, 0.5) is 0 Å². The van der Waals surface area contributed by atoms with Gasteiger partial charge >= 0.3 is 0 Å². The average molecular weight is 501 g/mol. The molecule has 0 aromatic heterocycles. The van der Waals surface area contributed by atoms with Crippen LogP contribution in [0.25, 0.3) is 0 Å². The van der Waals surface area contributed by atoms with Gasteiger partial charge in [0.15, 0.2) is 0 Å². The maximum atomic E-state index is 9.07. The van der Waals surface area contributed by atoms with Gasteiger partial charge in [0, 0.05) is 30.7 Å². The average Bonchev–Trinajstić information content (AvgIpc) is 2.83. The van der Waals surface area contributed by atoms with Crippen LogP contribution in [-0.2, 0) is 0 Å². The largest absolute Gasteiger partial charge is 0.396 e. The number of hydrogen-bond donors (Lipinski definition) is 8. The number of unbranched alkanes of at least 4 members (excludes halogenated alkanes) is 2. The van der Waals surface area contributed by atoms with Gasteiger partial charge in [0.25, 0.3) is 0 Å². The second-order valence-corrected chi connectivity index (χ2v) is 9.56. The smallest absolute Gasteiger partial charge is 0.0533 e. The van der Waals surface area contributed by atoms with Crippen molar-refractivity contribution in [1.82, 2.24) is 0 Å². The molecule has 0 radical (unpaired) electrons. The van der Waals surface area contributed by atoms with Crippen LogP contribution in [0.2, 0.25) is 0 Å². The Labute approximate surface area is 209 Å². The molecular weight excluding hydrogens is 440 g/mol. The molecule has 8 N–H and O–H groups in total. The second kappa shape index (κ2) is 28.9. The van der Waals surface area contributed by atoms with Crippen molar-refractivity contribution < 1.29 is 40.9 Å². The highest BCUT2D eigenvalue weighted by Crippen LogP contribution is 2.29. The van der Waals surface area contributed by atoms with Crippen LogP contribution in [0.1, 0.15) is 99.3 Å². The molecule has 0 saturated carbocycles. The summed E-state index contributed by atoms with van der Waals surface area (Å²) >= 11 is 0. The fourth-order valence-corrected chi connectivity index (χ4v) is 2.98. The highest BCUT2D eigenvalue weighted by atomic mass is 16.3. The van der Waals surface area contributed by atoms with Gasteiger partial charge in [-0.15, -0.1) is 0 Å². The Morgan fingerprint density at radius 3 is 1.15 bits per heavy atom. The van der Waals surface area contributed by atoms with E-state index in [-0.39, 0.29) is 63.2 Å². The molecule has 212 valence electrons. The number of rotatable bonds is 16. The standard InChI is InChI=1S/2C9H20O2.2C4H10O2/c1-4-9(6-10,7-11)5-8(2)3;1-3-5-6-9(4-2,7-10)8-11;1-4(6)2-3-5;5-3-1-2-4-6/h8,10-11H,4-7H2,1-3H3;10-11H,3-8H2,1-2H3;4-6H,2-3H2,1H3;5-6H,1-4H2. The Bertz CT molecular complexity index is 336. The van der Waals surface area contributed by atoms with Gasteiger partial charge in [-0.1, -0.05) is 47.5 Å². The number of hydrogen-bond acceptors (Lipinski definition) is 8. The van der Waals surface area contributed by atoms with Crippen LogP contribution in [0.15, 0.2) is 0 Å². The first kappa shape index (κ1) is 40.8. The van der Waals surface area contributed by atoms with Crippen molar-refractivity contribution in [2.24, 2.45) is 16.7 Å². The molecule has 0 aromatic carbocycles. The highest BCUT2D eigenvalue weighted by molar-refractivity contribution is 4.77. The van der Waals surface area contributed by atoms with Crippen molar-refractivity contribution >= 4 is 0 Å². The lowest BCUT2D eigenvalue weighted by molar-refractivity contribution is 0.0336. The Hall–Kier alpha value is -0.320. The molecule has 0 aromatic rings. The third-order valence-corrected chi connectivity index (χ3v) is 5.86. The van der Waals surface area contributed by atoms with Gasteiger partial charge in [0.1, 0.15) is 0 Å². The molecule has 0 spiro atoms. The van der Waals surface area contributed by atoms with Crippen molar-refractivity contribution in [1.29, 1.82) is 0 Å². The molecule has 0 fully saturated rings. The van der Waals surface area contributed by atoms with E-state index in [0.29, 0.717) is 12.3 Å². The highest BCUT2D eigenvalue weighted by Gasteiger charge is 2.27. The molecule has 0 amide bonds. The van der Waals surface area contributed by atoms with E-state index in [9.17, 15) is 0 Å². The van der Waals surface area contributed by atoms with E-state index in [0.717, 1.165) is 51.4 Å². The normalized spacial score (nSPS) is 12.1. The Balaban J connectivity index is -0.000000184. The fourth-order valence-electron chi connectivity index (χ4n) is 2.98. The van der Waals surface area contributed by atoms with E-state index in [1.54, 1.807) is 6.92 Å². The zero-order valence-electron chi connectivity index (χ0n) is 23.0. The minimum Gasteiger partial charge on any atom is -0.396 e. The van der Waals surface area contributed by atoms with Crippen LogP contribution in [0, 0.1) is 16.7 Å². The van der Waals surface area contributed by atoms with Gasteiger partial charge in [-0.3, -0.25) is 0 Å². The molecule has 8 nitrogen and oxygen atoms in total. The maximum absolute atomic E-state index is 9.07. The molecule has 34 heavy (non-hydrogen) atoms. The van der Waals surface area contributed by atoms with Gasteiger partial charge < -0.3 is 40.9 Å². The number of aliphatic hydroxyl groups is 8. The van der Waals surface area contributed by atoms with Crippen LogP contribution in [0.3, 0.4) is 0 Å². The third-order valence-electron chi connectivity index (χ3n) is 5.86. The summed E-state index contributed by atoms with van der Waals surface area (Å²) in [5, 5.41) is 68.9. The monoisotopic (exact) mass is 500 g/mol. The first-order chi connectivity index (χ1) is 16.0. The lowest BCUT2D eigenvalue weighted by Gasteiger charge is -2.29. The summed E-state index contributed by atoms with van der Waals surface area (Å²) in [4.78, 5) is 0. The van der Waals surface area contributed by atoms with Gasteiger partial charge in [-0.25, -0.2) is 0 Å². The quantitative estimate of drug-likeness (QED) is 0.150. The van der Waals surface area contributed by atoms with E-state index in [1.165, 1.54) is 0 Å². The first-order valence-corrected chi connectivity index (χ1v) is 13.0. The molecule has 1 unspecified atom stereocenters. The summed E-state index contributed by atoms with van der Waals surface area (Å²) in [6.07, 6.45) is 7.33. The summed E-state index contributed by atoms with van der Waals surface area (Å²) in [7, 11) is 0. The van der Waals surface area contributed by atoms with E-state index in [2.05, 4.69) is 20.8 Å². The SMILES string of the molecule is CC(O)CCO.CCC(CO)(CO)CC(C)C.CCCCC(CC)(CO)CO.OCCCCO. The maximum Gasteiger partial charge on any atom is 0.0533 e. The topological polar surface area (TPSA) is 162 Å². The van der Waals surface area contributed by atoms with Gasteiger partial charge in [0.05, 0.1) is 32.5 Å². The van der Waals surface area contributed by atoms with Crippen LogP contribution in [0.5, 0.6) is 0 Å². The molecule has 0 aliphatic rings. The minimum atomic E-state index is -0.352. The van der Waals surface area contributed by atoms with Gasteiger partial charge in [-0.2, -0.15) is 0 Å². The Kier molecular flexibility index (Phi) is 34.7. The summed E-state index contributed by atoms with van der Waals surface area (Å²) in [5.41, 5.74) is -0.454. The van der Waals surface area contributed by atoms with E-state index in [4.69, 9.17) is 40.9 Å².